The second kappa shape index (κ2) is 22.7. The van der Waals surface area contributed by atoms with E-state index in [0.717, 1.165) is 18.4 Å². The van der Waals surface area contributed by atoms with Crippen molar-refractivity contribution in [1.82, 2.24) is 10.6 Å². The van der Waals surface area contributed by atoms with Crippen LogP contribution in [0.1, 0.15) is 102 Å². The molecule has 2 rings (SSSR count). The van der Waals surface area contributed by atoms with Gasteiger partial charge in [0, 0.05) is 26.7 Å². The fourth-order valence-corrected chi connectivity index (χ4v) is 6.52. The van der Waals surface area contributed by atoms with Gasteiger partial charge < -0.3 is 38.8 Å². The molecule has 3 N–H and O–H groups in total. The first-order valence-corrected chi connectivity index (χ1v) is 18.9. The largest absolute Gasteiger partial charge is 0.508 e. The van der Waals surface area contributed by atoms with Gasteiger partial charge in [0.05, 0.1) is 6.04 Å². The van der Waals surface area contributed by atoms with Crippen LogP contribution >= 0.6 is 6.72 Å². The summed E-state index contributed by atoms with van der Waals surface area (Å²) >= 11 is 5.07. The van der Waals surface area contributed by atoms with Crippen molar-refractivity contribution in [3.8, 4) is 0 Å². The van der Waals surface area contributed by atoms with Crippen molar-refractivity contribution in [3.05, 3.63) is 35.9 Å². The van der Waals surface area contributed by atoms with E-state index in [1.165, 1.54) is 84.8 Å². The molecule has 12 heteroatoms. The molecule has 0 aromatic heterocycles. The molecule has 1 fully saturated rings. The van der Waals surface area contributed by atoms with Crippen molar-refractivity contribution in [2.45, 2.75) is 122 Å². The zero-order chi connectivity index (χ0) is 32.0. The molecule has 44 heavy (non-hydrogen) atoms. The van der Waals surface area contributed by atoms with Crippen molar-refractivity contribution >= 4 is 30.7 Å². The number of carbonyl (C=O) groups excluding carboxylic acids is 2. The number of rotatable bonds is 23. The number of nitrogens with one attached hydrogen (secondary N) is 2. The SMILES string of the molecule is CCCCCCCCCCCCCCCNC(=O)N[C@H]1C[C@H](COC(=O)OCc2ccccc2)C(OP(O)(=S)OC)[C@@H]1OC. The lowest BCUT2D eigenvalue weighted by atomic mass is 10.0. The second-order valence-electron chi connectivity index (χ2n) is 11.5. The second-order valence-corrected chi connectivity index (χ2v) is 14.4. The summed E-state index contributed by atoms with van der Waals surface area (Å²) in [7, 11) is 2.76. The maximum absolute atomic E-state index is 12.7. The number of methoxy groups -OCH3 is 1. The fourth-order valence-electron chi connectivity index (χ4n) is 5.53. The molecule has 2 amide bonds. The molecule has 1 saturated carbocycles. The Bertz CT molecular complexity index is 973. The molecule has 252 valence electrons. The molecule has 10 nitrogen and oxygen atoms in total. The van der Waals surface area contributed by atoms with Crippen LogP contribution in [0.2, 0.25) is 0 Å². The van der Waals surface area contributed by atoms with Crippen molar-refractivity contribution in [2.24, 2.45) is 5.92 Å². The van der Waals surface area contributed by atoms with Crippen LogP contribution < -0.4 is 10.6 Å². The van der Waals surface area contributed by atoms with Gasteiger partial charge >= 0.3 is 18.9 Å². The van der Waals surface area contributed by atoms with E-state index >= 15 is 0 Å². The Balaban J connectivity index is 1.71. The molecule has 0 spiro atoms. The number of urea groups is 1. The van der Waals surface area contributed by atoms with Crippen LogP contribution in [0, 0.1) is 5.92 Å². The minimum Gasteiger partial charge on any atom is -0.434 e. The summed E-state index contributed by atoms with van der Waals surface area (Å²) in [5.74, 6) is -0.430. The molecule has 2 unspecified atom stereocenters. The number of ether oxygens (including phenoxy) is 3. The molecule has 0 aliphatic heterocycles. The van der Waals surface area contributed by atoms with Crippen LogP contribution in [-0.2, 0) is 41.7 Å². The Labute approximate surface area is 269 Å². The molecule has 5 atom stereocenters. The number of hydrogen-bond acceptors (Lipinski definition) is 8. The number of benzene rings is 1. The van der Waals surface area contributed by atoms with E-state index in [1.807, 2.05) is 30.3 Å². The van der Waals surface area contributed by atoms with Gasteiger partial charge in [0.2, 0.25) is 0 Å². The van der Waals surface area contributed by atoms with Crippen molar-refractivity contribution in [1.29, 1.82) is 0 Å². The highest BCUT2D eigenvalue weighted by Crippen LogP contribution is 2.48. The minimum absolute atomic E-state index is 0.0735. The highest BCUT2D eigenvalue weighted by Gasteiger charge is 2.48. The topological polar surface area (TPSA) is 125 Å². The standard InChI is InChI=1S/C32H55N2O8PS/c1-4-5-6-7-8-9-10-11-12-13-14-15-19-22-33-31(35)34-28-23-27(29(30(28)38-2)42-43(37,44)39-3)25-41-32(36)40-24-26-20-17-16-18-21-26/h16-18,20-21,27-30H,4-15,19,22-25H2,1-3H3,(H,37,44)(H2,33,34,35)/t27-,28+,29?,30-,43?/m1/s1. The summed E-state index contributed by atoms with van der Waals surface area (Å²) in [5, 5.41) is 5.88. The quantitative estimate of drug-likeness (QED) is 0.0628. The molecule has 0 bridgehead atoms. The first-order chi connectivity index (χ1) is 21.3. The van der Waals surface area contributed by atoms with E-state index in [9.17, 15) is 14.5 Å². The summed E-state index contributed by atoms with van der Waals surface area (Å²) in [6, 6.07) is 8.50. The molecule has 0 heterocycles. The number of carbonyl (C=O) groups is 2. The maximum atomic E-state index is 12.7. The van der Waals surface area contributed by atoms with Crippen molar-refractivity contribution in [2.75, 3.05) is 27.4 Å². The molecule has 0 saturated heterocycles. The Morgan fingerprint density at radius 1 is 0.886 bits per heavy atom. The van der Waals surface area contributed by atoms with Crippen LogP contribution in [0.5, 0.6) is 0 Å². The lowest BCUT2D eigenvalue weighted by Crippen LogP contribution is -2.48. The van der Waals surface area contributed by atoms with Gasteiger partial charge in [-0.15, -0.1) is 0 Å². The van der Waals surface area contributed by atoms with Crippen LogP contribution in [0.25, 0.3) is 0 Å². The van der Waals surface area contributed by atoms with Crippen LogP contribution in [-0.4, -0.2) is 62.7 Å². The number of amides is 2. The zero-order valence-corrected chi connectivity index (χ0v) is 28.6. The van der Waals surface area contributed by atoms with Gasteiger partial charge in [-0.25, -0.2) is 9.59 Å². The van der Waals surface area contributed by atoms with Crippen molar-refractivity contribution < 1.29 is 37.7 Å². The van der Waals surface area contributed by atoms with E-state index in [0.29, 0.717) is 13.0 Å². The van der Waals surface area contributed by atoms with Crippen LogP contribution in [0.15, 0.2) is 30.3 Å². The van der Waals surface area contributed by atoms with E-state index < -0.39 is 37.0 Å². The molecule has 1 aliphatic rings. The third-order valence-electron chi connectivity index (χ3n) is 8.00. The molecular formula is C32H55N2O8PS. The van der Waals surface area contributed by atoms with E-state index in [2.05, 4.69) is 17.6 Å². The average molecular weight is 659 g/mol. The van der Waals surface area contributed by atoms with Gasteiger partial charge in [-0.3, -0.25) is 0 Å². The zero-order valence-electron chi connectivity index (χ0n) is 26.9. The Morgan fingerprint density at radius 3 is 2.05 bits per heavy atom. The van der Waals surface area contributed by atoms with Crippen LogP contribution in [0.4, 0.5) is 9.59 Å². The predicted octanol–water partition coefficient (Wildman–Crippen LogP) is 7.38. The first kappa shape index (κ1) is 38.4. The Morgan fingerprint density at radius 2 is 1.48 bits per heavy atom. The lowest BCUT2D eigenvalue weighted by Gasteiger charge is -2.28. The van der Waals surface area contributed by atoms with E-state index in [4.69, 9.17) is 35.1 Å². The summed E-state index contributed by atoms with van der Waals surface area (Å²) in [6.07, 6.45) is 14.6. The minimum atomic E-state index is -3.56. The van der Waals surface area contributed by atoms with E-state index in [-0.39, 0.29) is 19.2 Å². The maximum Gasteiger partial charge on any atom is 0.508 e. The number of hydrogen-bond donors (Lipinski definition) is 3. The summed E-state index contributed by atoms with van der Waals surface area (Å²) in [5.41, 5.74) is 0.834. The fraction of sp³-hybridized carbons (Fsp3) is 0.750. The molecule has 1 aromatic rings. The van der Waals surface area contributed by atoms with Gasteiger partial charge in [0.25, 0.3) is 0 Å². The van der Waals surface area contributed by atoms with Gasteiger partial charge in [-0.2, -0.15) is 0 Å². The van der Waals surface area contributed by atoms with Gasteiger partial charge in [0.15, 0.2) is 0 Å². The summed E-state index contributed by atoms with van der Waals surface area (Å²) in [4.78, 5) is 35.3. The Kier molecular flexibility index (Phi) is 19.8. The third-order valence-corrected chi connectivity index (χ3v) is 9.67. The average Bonchev–Trinajstić information content (AvgIpc) is 3.33. The van der Waals surface area contributed by atoms with Gasteiger partial charge in [-0.1, -0.05) is 114 Å². The monoisotopic (exact) mass is 658 g/mol. The molecule has 1 aliphatic carbocycles. The summed E-state index contributed by atoms with van der Waals surface area (Å²) < 4.78 is 27.0. The van der Waals surface area contributed by atoms with E-state index in [1.54, 1.807) is 0 Å². The third kappa shape index (κ3) is 16.0. The molecular weight excluding hydrogens is 603 g/mol. The summed E-state index contributed by atoms with van der Waals surface area (Å²) in [6.45, 7) is -0.726. The molecule has 0 radical (unpaired) electrons. The van der Waals surface area contributed by atoms with Gasteiger partial charge in [-0.05, 0) is 30.2 Å². The van der Waals surface area contributed by atoms with Crippen LogP contribution in [0.3, 0.4) is 0 Å². The smallest absolute Gasteiger partial charge is 0.434 e. The molecule has 1 aromatic carbocycles. The first-order valence-electron chi connectivity index (χ1n) is 16.3. The van der Waals surface area contributed by atoms with Gasteiger partial charge in [0.1, 0.15) is 25.4 Å². The Hall–Kier alpha value is -1.75. The highest BCUT2D eigenvalue weighted by atomic mass is 32.5. The highest BCUT2D eigenvalue weighted by molar-refractivity contribution is 8.07. The normalized spacial score (nSPS) is 21.0. The predicted molar refractivity (Wildman–Crippen MR) is 176 cm³/mol. The number of unbranched alkanes of at least 4 members (excludes halogenated alkanes) is 12. The lowest BCUT2D eigenvalue weighted by molar-refractivity contribution is -0.0254. The van der Waals surface area contributed by atoms with Crippen molar-refractivity contribution in [3.63, 3.8) is 0 Å².